The Balaban J connectivity index is 1.46. The van der Waals surface area contributed by atoms with Crippen LogP contribution >= 0.6 is 11.8 Å². The van der Waals surface area contributed by atoms with Crippen LogP contribution in [0.3, 0.4) is 0 Å². The van der Waals surface area contributed by atoms with Gasteiger partial charge in [-0.2, -0.15) is 4.31 Å². The molecule has 0 aliphatic carbocycles. The molecule has 0 saturated carbocycles. The molecule has 0 fully saturated rings. The largest absolute Gasteiger partial charge is 0.497 e. The van der Waals surface area contributed by atoms with E-state index < -0.39 is 32.6 Å². The first kappa shape index (κ1) is 50.1. The summed E-state index contributed by atoms with van der Waals surface area (Å²) in [6, 6.07) is 43.0. The van der Waals surface area contributed by atoms with Crippen molar-refractivity contribution in [2.45, 2.75) is 55.5 Å². The molecule has 1 atom stereocenters. The van der Waals surface area contributed by atoms with Crippen molar-refractivity contribution in [1.29, 1.82) is 0 Å². The Morgan fingerprint density at radius 3 is 1.78 bits per heavy atom. The zero-order chi connectivity index (χ0) is 47.8. The SMILES string of the molecule is CNC(=O)CCCOc1cc(OC)c(CN(CCSC(c2ccccc2)(c2ccccc2)c2ccccc2)C(=O)[C@@H](C(C)C)N(Cc2cccnc2)S(=O)(=O)c2ccc(OC)cc2)c(OC)c1. The molecule has 0 bridgehead atoms. The number of thioether (sulfide) groups is 1. The summed E-state index contributed by atoms with van der Waals surface area (Å²) in [6.45, 7) is 4.09. The van der Waals surface area contributed by atoms with Gasteiger partial charge in [0.15, 0.2) is 0 Å². The second-order valence-electron chi connectivity index (χ2n) is 16.1. The number of nitrogens with zero attached hydrogens (tertiary/aromatic N) is 3. The van der Waals surface area contributed by atoms with E-state index in [9.17, 15) is 13.2 Å². The zero-order valence-corrected chi connectivity index (χ0v) is 40.6. The molecule has 0 spiro atoms. The van der Waals surface area contributed by atoms with E-state index in [2.05, 4.69) is 46.7 Å². The Labute approximate surface area is 399 Å². The molecule has 1 aromatic heterocycles. The molecule has 1 N–H and O–H groups in total. The van der Waals surface area contributed by atoms with Crippen LogP contribution in [0.4, 0.5) is 0 Å². The van der Waals surface area contributed by atoms with Crippen LogP contribution in [-0.4, -0.2) is 87.7 Å². The van der Waals surface area contributed by atoms with E-state index in [1.165, 1.54) is 37.8 Å². The van der Waals surface area contributed by atoms with Gasteiger partial charge in [-0.05, 0) is 64.9 Å². The van der Waals surface area contributed by atoms with E-state index in [1.807, 2.05) is 68.4 Å². The molecule has 0 aliphatic rings. The second-order valence-corrected chi connectivity index (χ2v) is 19.3. The van der Waals surface area contributed by atoms with E-state index in [0.29, 0.717) is 52.7 Å². The lowest BCUT2D eigenvalue weighted by Gasteiger charge is -2.38. The Hall–Kier alpha value is -6.35. The van der Waals surface area contributed by atoms with Crippen molar-refractivity contribution in [3.8, 4) is 23.0 Å². The number of carbonyl (C=O) groups is 2. The van der Waals surface area contributed by atoms with E-state index in [4.69, 9.17) is 18.9 Å². The molecule has 1 heterocycles. The highest BCUT2D eigenvalue weighted by Crippen LogP contribution is 2.48. The van der Waals surface area contributed by atoms with Crippen molar-refractivity contribution in [2.24, 2.45) is 5.92 Å². The van der Waals surface area contributed by atoms with Crippen LogP contribution in [0.5, 0.6) is 23.0 Å². The van der Waals surface area contributed by atoms with Crippen molar-refractivity contribution < 1.29 is 37.0 Å². The molecule has 0 saturated heterocycles. The lowest BCUT2D eigenvalue weighted by Crippen LogP contribution is -2.53. The summed E-state index contributed by atoms with van der Waals surface area (Å²) in [6.07, 6.45) is 4.04. The Morgan fingerprint density at radius 1 is 0.731 bits per heavy atom. The van der Waals surface area contributed by atoms with E-state index in [-0.39, 0.29) is 37.0 Å². The number of rotatable bonds is 24. The maximum Gasteiger partial charge on any atom is 0.244 e. The summed E-state index contributed by atoms with van der Waals surface area (Å²) in [7, 11) is 1.88. The molecule has 12 nitrogen and oxygen atoms in total. The summed E-state index contributed by atoms with van der Waals surface area (Å²) in [5, 5.41) is 2.62. The standard InChI is InChI=1S/C53H60N4O8S2/c1-39(2)51(57(37-40-18-16-30-55-36-40)67(60,61)46-28-26-44(62-4)27-29-46)52(59)56(38-47-48(63-5)34-45(35-49(47)64-6)65-32-17-25-50(58)54-3)31-33-66-53(41-19-10-7-11-20-41,42-21-12-8-13-22-42)43-23-14-9-15-24-43/h7-16,18-24,26-30,34-36,39,51H,17,25,31-33,37-38H2,1-6H3,(H,54,58)/t51-/m1/s1. The lowest BCUT2D eigenvalue weighted by atomic mass is 9.84. The average Bonchev–Trinajstić information content (AvgIpc) is 3.37. The van der Waals surface area contributed by atoms with Crippen molar-refractivity contribution in [2.75, 3.05) is 47.3 Å². The van der Waals surface area contributed by atoms with Gasteiger partial charge in [-0.15, -0.1) is 11.8 Å². The number of nitrogens with one attached hydrogen (secondary N) is 1. The molecule has 352 valence electrons. The number of carbonyl (C=O) groups excluding carboxylic acids is 2. The van der Waals surface area contributed by atoms with Gasteiger partial charge in [0.2, 0.25) is 21.8 Å². The highest BCUT2D eigenvalue weighted by atomic mass is 32.2. The third-order valence-electron chi connectivity index (χ3n) is 11.5. The Kier molecular flexibility index (Phi) is 17.9. The molecular formula is C53H60N4O8S2. The van der Waals surface area contributed by atoms with Gasteiger partial charge in [-0.25, -0.2) is 8.42 Å². The lowest BCUT2D eigenvalue weighted by molar-refractivity contribution is -0.137. The summed E-state index contributed by atoms with van der Waals surface area (Å²) >= 11 is 1.70. The molecule has 6 rings (SSSR count). The van der Waals surface area contributed by atoms with Crippen LogP contribution in [-0.2, 0) is 37.4 Å². The third-order valence-corrected chi connectivity index (χ3v) is 14.8. The smallest absolute Gasteiger partial charge is 0.244 e. The fourth-order valence-corrected chi connectivity index (χ4v) is 11.3. The highest BCUT2D eigenvalue weighted by molar-refractivity contribution is 8.00. The monoisotopic (exact) mass is 944 g/mol. The van der Waals surface area contributed by atoms with Crippen LogP contribution in [0.15, 0.2) is 157 Å². The molecule has 67 heavy (non-hydrogen) atoms. The summed E-state index contributed by atoms with van der Waals surface area (Å²) in [5.41, 5.74) is 4.39. The summed E-state index contributed by atoms with van der Waals surface area (Å²) in [4.78, 5) is 33.7. The Bertz CT molecular complexity index is 2480. The molecule has 0 radical (unpaired) electrons. The van der Waals surface area contributed by atoms with Crippen LogP contribution in [0, 0.1) is 5.92 Å². The quantitative estimate of drug-likeness (QED) is 0.0463. The first-order valence-electron chi connectivity index (χ1n) is 22.2. The van der Waals surface area contributed by atoms with Crippen molar-refractivity contribution in [1.82, 2.24) is 19.5 Å². The van der Waals surface area contributed by atoms with Crippen molar-refractivity contribution >= 4 is 33.6 Å². The number of hydrogen-bond acceptors (Lipinski definition) is 10. The van der Waals surface area contributed by atoms with Crippen LogP contribution < -0.4 is 24.3 Å². The number of pyridine rings is 1. The fraction of sp³-hybridized carbons (Fsp3) is 0.302. The van der Waals surface area contributed by atoms with E-state index >= 15 is 4.79 Å². The first-order chi connectivity index (χ1) is 32.5. The topological polar surface area (TPSA) is 137 Å². The van der Waals surface area contributed by atoms with Gasteiger partial charge in [0, 0.05) is 56.8 Å². The number of methoxy groups -OCH3 is 3. The van der Waals surface area contributed by atoms with Crippen LogP contribution in [0.25, 0.3) is 0 Å². The first-order valence-corrected chi connectivity index (χ1v) is 24.6. The van der Waals surface area contributed by atoms with Gasteiger partial charge in [0.1, 0.15) is 29.0 Å². The zero-order valence-electron chi connectivity index (χ0n) is 39.0. The highest BCUT2D eigenvalue weighted by Gasteiger charge is 2.42. The number of ether oxygens (including phenoxy) is 4. The van der Waals surface area contributed by atoms with Gasteiger partial charge in [-0.3, -0.25) is 14.6 Å². The molecule has 5 aromatic carbocycles. The maximum atomic E-state index is 15.8. The third kappa shape index (κ3) is 12.2. The minimum atomic E-state index is -4.31. The predicted octanol–water partition coefficient (Wildman–Crippen LogP) is 8.98. The summed E-state index contributed by atoms with van der Waals surface area (Å²) in [5.74, 6) is 1.25. The van der Waals surface area contributed by atoms with Gasteiger partial charge in [0.25, 0.3) is 0 Å². The van der Waals surface area contributed by atoms with Gasteiger partial charge < -0.3 is 29.2 Å². The number of amides is 2. The molecule has 0 unspecified atom stereocenters. The summed E-state index contributed by atoms with van der Waals surface area (Å²) < 4.78 is 54.0. The Morgan fingerprint density at radius 2 is 1.30 bits per heavy atom. The number of aromatic nitrogens is 1. The molecule has 0 aliphatic heterocycles. The maximum absolute atomic E-state index is 15.8. The number of sulfonamides is 1. The number of hydrogen-bond donors (Lipinski definition) is 1. The van der Waals surface area contributed by atoms with Crippen molar-refractivity contribution in [3.05, 3.63) is 180 Å². The predicted molar refractivity (Wildman–Crippen MR) is 264 cm³/mol. The second kappa shape index (κ2) is 23.9. The molecule has 6 aromatic rings. The van der Waals surface area contributed by atoms with Crippen molar-refractivity contribution in [3.63, 3.8) is 0 Å². The molecular weight excluding hydrogens is 885 g/mol. The van der Waals surface area contributed by atoms with Crippen LogP contribution in [0.1, 0.15) is 54.5 Å². The minimum Gasteiger partial charge on any atom is -0.497 e. The van der Waals surface area contributed by atoms with E-state index in [1.54, 1.807) is 72.5 Å². The normalized spacial score (nSPS) is 12.1. The molecule has 2 amide bonds. The fourth-order valence-electron chi connectivity index (χ4n) is 8.10. The van der Waals surface area contributed by atoms with E-state index in [0.717, 1.165) is 16.7 Å². The molecule has 14 heteroatoms. The van der Waals surface area contributed by atoms with Gasteiger partial charge in [-0.1, -0.05) is 111 Å². The minimum absolute atomic E-state index is 0.00420. The number of benzene rings is 5. The average molecular weight is 945 g/mol. The van der Waals surface area contributed by atoms with Crippen LogP contribution in [0.2, 0.25) is 0 Å². The van der Waals surface area contributed by atoms with Gasteiger partial charge in [0.05, 0.1) is 49.7 Å². The van der Waals surface area contributed by atoms with Gasteiger partial charge >= 0.3 is 0 Å².